The number of nitrogens with one attached hydrogen (secondary N) is 1. The molecule has 2 aromatic heterocycles. The molecule has 0 spiro atoms. The molecule has 4 rings (SSSR count). The van der Waals surface area contributed by atoms with E-state index in [-0.39, 0.29) is 17.8 Å². The van der Waals surface area contributed by atoms with Gasteiger partial charge in [0.2, 0.25) is 10.9 Å². The number of hydrogen-bond donors (Lipinski definition) is 1. The van der Waals surface area contributed by atoms with Crippen LogP contribution in [0.25, 0.3) is 6.08 Å². The number of benzene rings is 1. The minimum atomic E-state index is -4.44. The van der Waals surface area contributed by atoms with E-state index in [0.29, 0.717) is 10.8 Å². The Labute approximate surface area is 192 Å². The van der Waals surface area contributed by atoms with Crippen molar-refractivity contribution in [2.24, 2.45) is 0 Å². The summed E-state index contributed by atoms with van der Waals surface area (Å²) in [4.78, 5) is 16.1. The smallest absolute Gasteiger partial charge is 0.417 e. The van der Waals surface area contributed by atoms with Crippen LogP contribution in [0.4, 0.5) is 13.2 Å². The highest BCUT2D eigenvalue weighted by atomic mass is 32.1. The molecule has 1 saturated carbocycles. The van der Waals surface area contributed by atoms with E-state index in [2.05, 4.69) is 26.6 Å². The van der Waals surface area contributed by atoms with Crippen molar-refractivity contribution >= 4 is 23.3 Å². The second kappa shape index (κ2) is 9.70. The van der Waals surface area contributed by atoms with Gasteiger partial charge in [-0.3, -0.25) is 4.79 Å². The Bertz CT molecular complexity index is 1160. The first-order chi connectivity index (χ1) is 15.8. The van der Waals surface area contributed by atoms with Crippen molar-refractivity contribution in [3.05, 3.63) is 69.3 Å². The maximum atomic E-state index is 12.7. The zero-order valence-corrected chi connectivity index (χ0v) is 18.5. The van der Waals surface area contributed by atoms with Crippen LogP contribution in [-0.2, 0) is 6.18 Å². The Morgan fingerprint density at radius 2 is 2.09 bits per heavy atom. The number of carbonyl (C=O) groups excluding carboxylic acids is 1. The third kappa shape index (κ3) is 6.16. The second-order valence-electron chi connectivity index (χ2n) is 7.75. The number of carbonyl (C=O) groups is 1. The molecule has 0 radical (unpaired) electrons. The Hall–Kier alpha value is -3.27. The summed E-state index contributed by atoms with van der Waals surface area (Å²) in [7, 11) is 0. The van der Waals surface area contributed by atoms with Gasteiger partial charge >= 0.3 is 6.18 Å². The first-order valence-corrected chi connectivity index (χ1v) is 11.2. The third-order valence-electron chi connectivity index (χ3n) is 5.13. The largest absolute Gasteiger partial charge is 0.439 e. The van der Waals surface area contributed by atoms with Gasteiger partial charge in [-0.15, -0.1) is 10.2 Å². The summed E-state index contributed by atoms with van der Waals surface area (Å²) in [6.07, 6.45) is 1.87. The molecule has 1 amide bonds. The molecule has 1 aliphatic rings. The minimum absolute atomic E-state index is 0.0254. The first kappa shape index (κ1) is 22.9. The van der Waals surface area contributed by atoms with E-state index in [1.807, 2.05) is 12.1 Å². The Morgan fingerprint density at radius 3 is 2.79 bits per heavy atom. The third-order valence-corrected chi connectivity index (χ3v) is 5.97. The average molecular weight is 475 g/mol. The van der Waals surface area contributed by atoms with Crippen LogP contribution in [0.3, 0.4) is 0 Å². The number of aryl methyl sites for hydroxylation is 1. The van der Waals surface area contributed by atoms with Crippen LogP contribution in [0.15, 0.2) is 48.2 Å². The van der Waals surface area contributed by atoms with E-state index < -0.39 is 11.7 Å². The average Bonchev–Trinajstić information content (AvgIpc) is 3.21. The Morgan fingerprint density at radius 1 is 1.24 bits per heavy atom. The lowest BCUT2D eigenvalue weighted by molar-refractivity contribution is -0.137. The summed E-state index contributed by atoms with van der Waals surface area (Å²) in [5.41, 5.74) is 1.28. The predicted octanol–water partition coefficient (Wildman–Crippen LogP) is 5.81. The lowest BCUT2D eigenvalue weighted by Gasteiger charge is -2.25. The molecule has 1 aliphatic carbocycles. The van der Waals surface area contributed by atoms with Crippen molar-refractivity contribution in [3.63, 3.8) is 0 Å². The van der Waals surface area contributed by atoms with E-state index in [9.17, 15) is 18.0 Å². The van der Waals surface area contributed by atoms with Crippen LogP contribution < -0.4 is 10.1 Å². The van der Waals surface area contributed by atoms with Gasteiger partial charge in [0.15, 0.2) is 0 Å². The molecule has 6 nitrogen and oxygen atoms in total. The molecule has 1 unspecified atom stereocenters. The van der Waals surface area contributed by atoms with E-state index in [0.717, 1.165) is 48.5 Å². The SMILES string of the molecule is Cc1nnc(C(=O)NC2CCC/C(=C\c3cccc(Oc4ccc(C(F)(F)F)cn4)c3)C2)s1. The van der Waals surface area contributed by atoms with Crippen molar-refractivity contribution in [3.8, 4) is 11.6 Å². The number of alkyl halides is 3. The maximum absolute atomic E-state index is 12.7. The summed E-state index contributed by atoms with van der Waals surface area (Å²) in [5, 5.41) is 11.9. The lowest BCUT2D eigenvalue weighted by Crippen LogP contribution is -2.36. The van der Waals surface area contributed by atoms with Gasteiger partial charge < -0.3 is 10.1 Å². The van der Waals surface area contributed by atoms with Gasteiger partial charge in [0.25, 0.3) is 5.91 Å². The number of amides is 1. The normalized spacial score (nSPS) is 17.7. The Balaban J connectivity index is 1.40. The van der Waals surface area contributed by atoms with E-state index in [4.69, 9.17) is 4.74 Å². The fraction of sp³-hybridized carbons (Fsp3) is 0.304. The van der Waals surface area contributed by atoms with Crippen LogP contribution in [0.1, 0.15) is 51.6 Å². The second-order valence-corrected chi connectivity index (χ2v) is 8.93. The highest BCUT2D eigenvalue weighted by molar-refractivity contribution is 7.13. The number of aromatic nitrogens is 3. The number of hydrogen-bond acceptors (Lipinski definition) is 6. The van der Waals surface area contributed by atoms with Gasteiger partial charge in [-0.05, 0) is 56.4 Å². The van der Waals surface area contributed by atoms with Crippen molar-refractivity contribution < 1.29 is 22.7 Å². The van der Waals surface area contributed by atoms with Crippen molar-refractivity contribution in [2.45, 2.75) is 44.8 Å². The molecular formula is C23H21F3N4O2S. The fourth-order valence-electron chi connectivity index (χ4n) is 3.62. The van der Waals surface area contributed by atoms with Crippen LogP contribution in [0, 0.1) is 6.92 Å². The van der Waals surface area contributed by atoms with E-state index in [1.165, 1.54) is 23.0 Å². The van der Waals surface area contributed by atoms with Gasteiger partial charge in [0.1, 0.15) is 10.8 Å². The molecule has 0 bridgehead atoms. The van der Waals surface area contributed by atoms with Crippen molar-refractivity contribution in [2.75, 3.05) is 0 Å². The predicted molar refractivity (Wildman–Crippen MR) is 118 cm³/mol. The van der Waals surface area contributed by atoms with Crippen molar-refractivity contribution in [1.29, 1.82) is 0 Å². The summed E-state index contributed by atoms with van der Waals surface area (Å²) in [5.74, 6) is 0.357. The molecule has 1 atom stereocenters. The van der Waals surface area contributed by atoms with Gasteiger partial charge in [0.05, 0.1) is 5.56 Å². The van der Waals surface area contributed by atoms with Gasteiger partial charge in [-0.1, -0.05) is 35.1 Å². The molecule has 172 valence electrons. The molecule has 1 fully saturated rings. The van der Waals surface area contributed by atoms with Gasteiger partial charge in [0, 0.05) is 18.3 Å². The Kier molecular flexibility index (Phi) is 6.73. The molecule has 33 heavy (non-hydrogen) atoms. The molecule has 0 saturated heterocycles. The maximum Gasteiger partial charge on any atom is 0.417 e. The number of nitrogens with zero attached hydrogens (tertiary/aromatic N) is 3. The van der Waals surface area contributed by atoms with Crippen molar-refractivity contribution in [1.82, 2.24) is 20.5 Å². The first-order valence-electron chi connectivity index (χ1n) is 10.4. The fourth-order valence-corrected chi connectivity index (χ4v) is 4.21. The number of halogens is 3. The monoisotopic (exact) mass is 474 g/mol. The van der Waals surface area contributed by atoms with Crippen LogP contribution in [-0.4, -0.2) is 27.1 Å². The molecule has 3 aromatic rings. The minimum Gasteiger partial charge on any atom is -0.439 e. The molecular weight excluding hydrogens is 453 g/mol. The quantitative estimate of drug-likeness (QED) is 0.505. The van der Waals surface area contributed by atoms with Gasteiger partial charge in [-0.25, -0.2) is 4.98 Å². The number of ether oxygens (including phenoxy) is 1. The molecule has 2 heterocycles. The summed E-state index contributed by atoms with van der Waals surface area (Å²) in [6.45, 7) is 1.81. The topological polar surface area (TPSA) is 77.0 Å². The van der Waals surface area contributed by atoms with E-state index in [1.54, 1.807) is 19.1 Å². The lowest BCUT2D eigenvalue weighted by atomic mass is 9.89. The standard InChI is InChI=1S/C23H21F3N4O2S/c1-14-29-30-22(33-14)21(31)28-18-6-2-4-15(11-18)10-16-5-3-7-19(12-16)32-20-9-8-17(13-27-20)23(24,25)26/h3,5,7-10,12-13,18H,2,4,6,11H2,1H3,(H,28,31)/b15-10+. The molecule has 10 heteroatoms. The summed E-state index contributed by atoms with van der Waals surface area (Å²) >= 11 is 1.27. The van der Waals surface area contributed by atoms with Crippen LogP contribution >= 0.6 is 11.3 Å². The zero-order chi connectivity index (χ0) is 23.4. The number of pyridine rings is 1. The van der Waals surface area contributed by atoms with E-state index >= 15 is 0 Å². The number of rotatable bonds is 5. The zero-order valence-electron chi connectivity index (χ0n) is 17.7. The van der Waals surface area contributed by atoms with Crippen LogP contribution in [0.2, 0.25) is 0 Å². The summed E-state index contributed by atoms with van der Waals surface area (Å²) < 4.78 is 43.7. The molecule has 1 N–H and O–H groups in total. The molecule has 1 aromatic carbocycles. The van der Waals surface area contributed by atoms with Gasteiger partial charge in [-0.2, -0.15) is 13.2 Å². The summed E-state index contributed by atoms with van der Waals surface area (Å²) in [6, 6.07) is 9.42. The molecule has 0 aliphatic heterocycles. The van der Waals surface area contributed by atoms with Crippen LogP contribution in [0.5, 0.6) is 11.6 Å². The highest BCUT2D eigenvalue weighted by Gasteiger charge is 2.30. The highest BCUT2D eigenvalue weighted by Crippen LogP contribution is 2.31.